The molecule has 0 saturated heterocycles. The molecule has 2 rings (SSSR count). The summed E-state index contributed by atoms with van der Waals surface area (Å²) in [5.41, 5.74) is 3.88. The standard InChI is InChI=1S/C20H23FN2O2/c1-13-11-16(23(3)4)7-8-18(13)22-20(24)14(2)10-15-6-9-19(25-5)17(21)12-15/h6-12H,1-5H3,(H,22,24)/b14-10+. The van der Waals surface area contributed by atoms with E-state index in [2.05, 4.69) is 5.32 Å². The zero-order valence-corrected chi connectivity index (χ0v) is 15.2. The molecule has 0 aliphatic carbocycles. The Labute approximate surface area is 147 Å². The number of amides is 1. The lowest BCUT2D eigenvalue weighted by atomic mass is 10.1. The summed E-state index contributed by atoms with van der Waals surface area (Å²) in [5, 5.41) is 2.89. The van der Waals surface area contributed by atoms with E-state index in [-0.39, 0.29) is 11.7 Å². The molecule has 25 heavy (non-hydrogen) atoms. The van der Waals surface area contributed by atoms with Crippen LogP contribution in [0, 0.1) is 12.7 Å². The van der Waals surface area contributed by atoms with Crippen LogP contribution in [0.1, 0.15) is 18.1 Å². The molecule has 0 radical (unpaired) electrons. The first-order valence-electron chi connectivity index (χ1n) is 7.93. The average Bonchev–Trinajstić information content (AvgIpc) is 2.56. The molecule has 0 heterocycles. The lowest BCUT2D eigenvalue weighted by Gasteiger charge is -2.15. The molecule has 4 nitrogen and oxygen atoms in total. The van der Waals surface area contributed by atoms with Crippen LogP contribution in [0.15, 0.2) is 42.0 Å². The van der Waals surface area contributed by atoms with E-state index >= 15 is 0 Å². The molecule has 0 unspecified atom stereocenters. The number of hydrogen-bond donors (Lipinski definition) is 1. The number of nitrogens with zero attached hydrogens (tertiary/aromatic N) is 1. The third-order valence-corrected chi connectivity index (χ3v) is 3.89. The lowest BCUT2D eigenvalue weighted by Crippen LogP contribution is -2.14. The largest absolute Gasteiger partial charge is 0.494 e. The van der Waals surface area contributed by atoms with Crippen molar-refractivity contribution in [1.29, 1.82) is 0 Å². The van der Waals surface area contributed by atoms with Crippen LogP contribution in [0.4, 0.5) is 15.8 Å². The van der Waals surface area contributed by atoms with Crippen molar-refractivity contribution in [1.82, 2.24) is 0 Å². The Hall–Kier alpha value is -2.82. The second-order valence-corrected chi connectivity index (χ2v) is 6.07. The van der Waals surface area contributed by atoms with Crippen LogP contribution in [0.25, 0.3) is 6.08 Å². The highest BCUT2D eigenvalue weighted by Gasteiger charge is 2.09. The van der Waals surface area contributed by atoms with Gasteiger partial charge >= 0.3 is 0 Å². The van der Waals surface area contributed by atoms with Gasteiger partial charge in [0.1, 0.15) is 0 Å². The van der Waals surface area contributed by atoms with E-state index in [0.29, 0.717) is 11.1 Å². The fourth-order valence-electron chi connectivity index (χ4n) is 2.38. The number of methoxy groups -OCH3 is 1. The predicted molar refractivity (Wildman–Crippen MR) is 101 cm³/mol. The number of carbonyl (C=O) groups excluding carboxylic acids is 1. The van der Waals surface area contributed by atoms with Gasteiger partial charge in [-0.15, -0.1) is 0 Å². The monoisotopic (exact) mass is 342 g/mol. The van der Waals surface area contributed by atoms with Crippen molar-refractivity contribution in [2.75, 3.05) is 31.4 Å². The third kappa shape index (κ3) is 4.59. The summed E-state index contributed by atoms with van der Waals surface area (Å²) in [5.74, 6) is -0.507. The molecule has 2 aromatic rings. The third-order valence-electron chi connectivity index (χ3n) is 3.89. The molecule has 0 bridgehead atoms. The molecule has 0 aliphatic heterocycles. The smallest absolute Gasteiger partial charge is 0.251 e. The van der Waals surface area contributed by atoms with Gasteiger partial charge in [-0.1, -0.05) is 6.07 Å². The first kappa shape index (κ1) is 18.5. The van der Waals surface area contributed by atoms with Crippen LogP contribution in [0.3, 0.4) is 0 Å². The van der Waals surface area contributed by atoms with Crippen molar-refractivity contribution < 1.29 is 13.9 Å². The Morgan fingerprint density at radius 2 is 1.92 bits per heavy atom. The number of aryl methyl sites for hydroxylation is 1. The minimum absolute atomic E-state index is 0.177. The highest BCUT2D eigenvalue weighted by molar-refractivity contribution is 6.06. The van der Waals surface area contributed by atoms with Gasteiger partial charge in [0.2, 0.25) is 0 Å². The first-order valence-corrected chi connectivity index (χ1v) is 7.93. The second-order valence-electron chi connectivity index (χ2n) is 6.07. The van der Waals surface area contributed by atoms with Crippen LogP contribution >= 0.6 is 0 Å². The van der Waals surface area contributed by atoms with Gasteiger partial charge in [-0.25, -0.2) is 4.39 Å². The van der Waals surface area contributed by atoms with E-state index in [1.54, 1.807) is 19.1 Å². The number of ether oxygens (including phenoxy) is 1. The normalized spacial score (nSPS) is 11.2. The van der Waals surface area contributed by atoms with Crippen molar-refractivity contribution >= 4 is 23.4 Å². The number of benzene rings is 2. The van der Waals surface area contributed by atoms with E-state index in [1.807, 2.05) is 44.1 Å². The summed E-state index contributed by atoms with van der Waals surface area (Å²) in [7, 11) is 5.35. The Kier molecular flexibility index (Phi) is 5.80. The summed E-state index contributed by atoms with van der Waals surface area (Å²) >= 11 is 0. The molecule has 0 atom stereocenters. The molecule has 132 valence electrons. The zero-order valence-electron chi connectivity index (χ0n) is 15.2. The summed E-state index contributed by atoms with van der Waals surface area (Å²) in [6, 6.07) is 10.4. The fraction of sp³-hybridized carbons (Fsp3) is 0.250. The SMILES string of the molecule is COc1ccc(/C=C(\C)C(=O)Nc2ccc(N(C)C)cc2C)cc1F. The van der Waals surface area contributed by atoms with Crippen LogP contribution in [-0.2, 0) is 4.79 Å². The molecule has 5 heteroatoms. The van der Waals surface area contributed by atoms with Gasteiger partial charge in [-0.2, -0.15) is 0 Å². The summed E-state index contributed by atoms with van der Waals surface area (Å²) in [4.78, 5) is 14.4. The molecular formula is C20H23FN2O2. The fourth-order valence-corrected chi connectivity index (χ4v) is 2.38. The molecule has 0 aromatic heterocycles. The molecule has 0 spiro atoms. The molecule has 1 amide bonds. The van der Waals surface area contributed by atoms with Gasteiger partial charge in [0.25, 0.3) is 5.91 Å². The maximum Gasteiger partial charge on any atom is 0.251 e. The highest BCUT2D eigenvalue weighted by Crippen LogP contribution is 2.23. The number of anilines is 2. The van der Waals surface area contributed by atoms with Gasteiger partial charge in [0, 0.05) is 31.0 Å². The summed E-state index contributed by atoms with van der Waals surface area (Å²) < 4.78 is 18.6. The first-order chi connectivity index (χ1) is 11.8. The van der Waals surface area contributed by atoms with E-state index in [1.165, 1.54) is 19.2 Å². The van der Waals surface area contributed by atoms with Crippen molar-refractivity contribution in [2.24, 2.45) is 0 Å². The predicted octanol–water partition coefficient (Wildman–Crippen LogP) is 4.25. The van der Waals surface area contributed by atoms with Gasteiger partial charge < -0.3 is 15.0 Å². The van der Waals surface area contributed by atoms with Crippen LogP contribution in [-0.4, -0.2) is 27.1 Å². The summed E-state index contributed by atoms with van der Waals surface area (Å²) in [6.45, 7) is 3.64. The van der Waals surface area contributed by atoms with Crippen molar-refractivity contribution in [2.45, 2.75) is 13.8 Å². The second kappa shape index (κ2) is 7.83. The Morgan fingerprint density at radius 3 is 2.48 bits per heavy atom. The zero-order chi connectivity index (χ0) is 18.6. The Morgan fingerprint density at radius 1 is 1.20 bits per heavy atom. The van der Waals surface area contributed by atoms with Crippen molar-refractivity contribution in [3.05, 3.63) is 58.9 Å². The van der Waals surface area contributed by atoms with Crippen LogP contribution < -0.4 is 15.0 Å². The highest BCUT2D eigenvalue weighted by atomic mass is 19.1. The van der Waals surface area contributed by atoms with E-state index < -0.39 is 5.82 Å². The lowest BCUT2D eigenvalue weighted by molar-refractivity contribution is -0.112. The average molecular weight is 342 g/mol. The molecule has 1 N–H and O–H groups in total. The van der Waals surface area contributed by atoms with Crippen LogP contribution in [0.5, 0.6) is 5.75 Å². The molecule has 0 aliphatic rings. The van der Waals surface area contributed by atoms with Crippen LogP contribution in [0.2, 0.25) is 0 Å². The summed E-state index contributed by atoms with van der Waals surface area (Å²) in [6.07, 6.45) is 1.64. The van der Waals surface area contributed by atoms with E-state index in [4.69, 9.17) is 4.74 Å². The number of nitrogens with one attached hydrogen (secondary N) is 1. The molecule has 2 aromatic carbocycles. The van der Waals surface area contributed by atoms with Crippen molar-refractivity contribution in [3.8, 4) is 5.75 Å². The minimum Gasteiger partial charge on any atom is -0.494 e. The maximum atomic E-state index is 13.7. The molecule has 0 saturated carbocycles. The van der Waals surface area contributed by atoms with Gasteiger partial charge in [-0.05, 0) is 61.4 Å². The number of halogens is 1. The quantitative estimate of drug-likeness (QED) is 0.826. The van der Waals surface area contributed by atoms with Gasteiger partial charge in [0.15, 0.2) is 11.6 Å². The van der Waals surface area contributed by atoms with Gasteiger partial charge in [0.05, 0.1) is 7.11 Å². The molecule has 0 fully saturated rings. The number of carbonyl (C=O) groups is 1. The number of hydrogen-bond acceptors (Lipinski definition) is 3. The number of rotatable bonds is 5. The minimum atomic E-state index is -0.459. The van der Waals surface area contributed by atoms with E-state index in [0.717, 1.165) is 16.9 Å². The van der Waals surface area contributed by atoms with E-state index in [9.17, 15) is 9.18 Å². The Balaban J connectivity index is 2.16. The maximum absolute atomic E-state index is 13.7. The topological polar surface area (TPSA) is 41.6 Å². The van der Waals surface area contributed by atoms with Gasteiger partial charge in [-0.3, -0.25) is 4.79 Å². The molecular weight excluding hydrogens is 319 g/mol. The van der Waals surface area contributed by atoms with Crippen molar-refractivity contribution in [3.63, 3.8) is 0 Å². The Bertz CT molecular complexity index is 813.